The van der Waals surface area contributed by atoms with Crippen LogP contribution in [0.3, 0.4) is 0 Å². The fourth-order valence-corrected chi connectivity index (χ4v) is 5.25. The molecule has 5 aromatic rings. The Bertz CT molecular complexity index is 1700. The Hall–Kier alpha value is -4.11. The number of carbonyl (C=O) groups is 1. The summed E-state index contributed by atoms with van der Waals surface area (Å²) in [6.07, 6.45) is 1.46. The summed E-state index contributed by atoms with van der Waals surface area (Å²) in [5, 5.41) is 0.584. The van der Waals surface area contributed by atoms with Crippen molar-refractivity contribution in [1.82, 2.24) is 13.5 Å². The van der Waals surface area contributed by atoms with Crippen LogP contribution in [0.1, 0.15) is 10.4 Å². The fraction of sp³-hybridized carbons (Fsp3) is 0. The summed E-state index contributed by atoms with van der Waals surface area (Å²) < 4.78 is 42.3. The highest BCUT2D eigenvalue weighted by Crippen LogP contribution is 2.25. The van der Waals surface area contributed by atoms with Crippen molar-refractivity contribution < 1.29 is 17.6 Å². The number of rotatable bonds is 3. The summed E-state index contributed by atoms with van der Waals surface area (Å²) in [5.41, 5.74) is -0.846. The van der Waals surface area contributed by atoms with E-state index < -0.39 is 27.4 Å². The molecule has 32 heavy (non-hydrogen) atoms. The van der Waals surface area contributed by atoms with Gasteiger partial charge in [-0.25, -0.2) is 22.2 Å². The molecule has 2 aromatic heterocycles. The number of hydrogen-bond acceptors (Lipinski definition) is 5. The zero-order valence-electron chi connectivity index (χ0n) is 16.3. The summed E-state index contributed by atoms with van der Waals surface area (Å²) in [4.78, 5) is 30.5. The highest BCUT2D eigenvalue weighted by Gasteiger charge is 2.29. The Morgan fingerprint density at radius 3 is 2.38 bits per heavy atom. The van der Waals surface area contributed by atoms with Crippen LogP contribution in [0.15, 0.2) is 94.7 Å². The number of imidazole rings is 1. The Morgan fingerprint density at radius 1 is 0.875 bits per heavy atom. The second-order valence-corrected chi connectivity index (χ2v) is 8.78. The van der Waals surface area contributed by atoms with Crippen molar-refractivity contribution in [1.29, 1.82) is 0 Å². The van der Waals surface area contributed by atoms with Crippen LogP contribution in [-0.2, 0) is 10.0 Å². The maximum absolute atomic E-state index is 13.7. The van der Waals surface area contributed by atoms with Gasteiger partial charge in [0.1, 0.15) is 10.7 Å². The molecule has 0 N–H and O–H groups in total. The van der Waals surface area contributed by atoms with Gasteiger partial charge >= 0.3 is 5.69 Å². The molecule has 0 saturated carbocycles. The molecule has 0 spiro atoms. The third kappa shape index (κ3) is 2.94. The number of carbonyl (C=O) groups excluding carboxylic acids is 1. The first kappa shape index (κ1) is 19.8. The van der Waals surface area contributed by atoms with Gasteiger partial charge in [0.2, 0.25) is 0 Å². The zero-order chi connectivity index (χ0) is 22.5. The smallest absolute Gasteiger partial charge is 0.268 e. The first-order chi connectivity index (χ1) is 15.4. The van der Waals surface area contributed by atoms with E-state index in [-0.39, 0.29) is 27.0 Å². The van der Waals surface area contributed by atoms with Gasteiger partial charge in [0, 0.05) is 17.1 Å². The molecule has 0 atom stereocenters. The molecule has 0 aliphatic carbocycles. The number of halogens is 1. The summed E-state index contributed by atoms with van der Waals surface area (Å²) in [6.45, 7) is 0. The van der Waals surface area contributed by atoms with E-state index >= 15 is 0 Å². The van der Waals surface area contributed by atoms with Gasteiger partial charge in [-0.05, 0) is 42.5 Å². The van der Waals surface area contributed by atoms with Crippen LogP contribution in [0.4, 0.5) is 4.39 Å². The van der Waals surface area contributed by atoms with Gasteiger partial charge in [0.15, 0.2) is 0 Å². The number of pyridine rings is 1. The van der Waals surface area contributed by atoms with E-state index in [1.54, 1.807) is 36.4 Å². The predicted molar refractivity (Wildman–Crippen MR) is 117 cm³/mol. The van der Waals surface area contributed by atoms with Crippen LogP contribution >= 0.6 is 0 Å². The lowest BCUT2D eigenvalue weighted by molar-refractivity contribution is 0.0960. The van der Waals surface area contributed by atoms with Gasteiger partial charge in [-0.2, -0.15) is 3.97 Å². The molecular weight excluding hydrogens is 433 g/mol. The van der Waals surface area contributed by atoms with Crippen molar-refractivity contribution in [2.24, 2.45) is 0 Å². The van der Waals surface area contributed by atoms with Crippen LogP contribution < -0.4 is 5.69 Å². The Balaban J connectivity index is 1.82. The van der Waals surface area contributed by atoms with Crippen molar-refractivity contribution >= 4 is 37.9 Å². The highest BCUT2D eigenvalue weighted by molar-refractivity contribution is 7.90. The van der Waals surface area contributed by atoms with E-state index in [0.29, 0.717) is 9.36 Å². The number of fused-ring (bicyclic) bond motifs is 2. The standard InChI is InChI=1S/C23H14FN3O4S/c24-17-9-3-7-16(14-17)22(28)26-18-10-1-2-11-19(18)27(23(26)29)32(30,31)20-12-4-6-15-8-5-13-25-21(15)20/h1-14H. The fourth-order valence-electron chi connectivity index (χ4n) is 3.68. The first-order valence-corrected chi connectivity index (χ1v) is 11.0. The van der Waals surface area contributed by atoms with Gasteiger partial charge in [0.05, 0.1) is 16.6 Å². The Labute approximate surface area is 181 Å². The summed E-state index contributed by atoms with van der Waals surface area (Å²) in [5.74, 6) is -1.49. The van der Waals surface area contributed by atoms with Gasteiger partial charge in [-0.3, -0.25) is 9.78 Å². The van der Waals surface area contributed by atoms with E-state index in [4.69, 9.17) is 0 Å². The molecular formula is C23H14FN3O4S. The molecule has 0 saturated heterocycles. The molecule has 9 heteroatoms. The van der Waals surface area contributed by atoms with Crippen molar-refractivity contribution in [3.05, 3.63) is 107 Å². The van der Waals surface area contributed by atoms with E-state index in [0.717, 1.165) is 10.6 Å². The van der Waals surface area contributed by atoms with Crippen molar-refractivity contribution in [2.45, 2.75) is 4.90 Å². The second-order valence-electron chi connectivity index (χ2n) is 7.02. The van der Waals surface area contributed by atoms with E-state index in [1.807, 2.05) is 0 Å². The van der Waals surface area contributed by atoms with E-state index in [9.17, 15) is 22.4 Å². The number of nitrogens with zero attached hydrogens (tertiary/aromatic N) is 3. The largest absolute Gasteiger partial charge is 0.350 e. The Kier molecular flexibility index (Phi) is 4.49. The topological polar surface area (TPSA) is 91.0 Å². The minimum absolute atomic E-state index is 0.0233. The van der Waals surface area contributed by atoms with Crippen LogP contribution in [0.25, 0.3) is 21.9 Å². The van der Waals surface area contributed by atoms with Gasteiger partial charge < -0.3 is 0 Å². The molecule has 158 valence electrons. The molecule has 0 aliphatic heterocycles. The molecule has 2 heterocycles. The summed E-state index contributed by atoms with van der Waals surface area (Å²) in [6, 6.07) is 18.9. The summed E-state index contributed by atoms with van der Waals surface area (Å²) in [7, 11) is -4.43. The van der Waals surface area contributed by atoms with Gasteiger partial charge in [-0.1, -0.05) is 36.4 Å². The lowest BCUT2D eigenvalue weighted by Crippen LogP contribution is -2.33. The van der Waals surface area contributed by atoms with Crippen LogP contribution in [0, 0.1) is 5.82 Å². The molecule has 0 fully saturated rings. The predicted octanol–water partition coefficient (Wildman–Crippen LogP) is 3.42. The SMILES string of the molecule is O=C(c1cccc(F)c1)n1c(=O)n(S(=O)(=O)c2cccc3cccnc23)c2ccccc21. The number of benzene rings is 3. The maximum Gasteiger partial charge on any atom is 0.350 e. The molecule has 3 aromatic carbocycles. The van der Waals surface area contributed by atoms with Crippen LogP contribution in [-0.4, -0.2) is 27.8 Å². The third-order valence-corrected chi connectivity index (χ3v) is 6.81. The average molecular weight is 447 g/mol. The lowest BCUT2D eigenvalue weighted by Gasteiger charge is -2.08. The van der Waals surface area contributed by atoms with Crippen molar-refractivity contribution in [2.75, 3.05) is 0 Å². The Morgan fingerprint density at radius 2 is 1.59 bits per heavy atom. The van der Waals surface area contributed by atoms with Crippen LogP contribution in [0.5, 0.6) is 0 Å². The van der Waals surface area contributed by atoms with E-state index in [2.05, 4.69) is 4.98 Å². The highest BCUT2D eigenvalue weighted by atomic mass is 32.2. The van der Waals surface area contributed by atoms with Crippen molar-refractivity contribution in [3.63, 3.8) is 0 Å². The number of para-hydroxylation sites is 3. The molecule has 7 nitrogen and oxygen atoms in total. The minimum Gasteiger partial charge on any atom is -0.268 e. The molecule has 0 unspecified atom stereocenters. The first-order valence-electron chi connectivity index (χ1n) is 9.52. The normalized spacial score (nSPS) is 11.8. The maximum atomic E-state index is 13.7. The van der Waals surface area contributed by atoms with Gasteiger partial charge in [-0.15, -0.1) is 0 Å². The molecule has 0 bridgehead atoms. The molecule has 0 radical (unpaired) electrons. The van der Waals surface area contributed by atoms with Crippen molar-refractivity contribution in [3.8, 4) is 0 Å². The monoisotopic (exact) mass is 447 g/mol. The lowest BCUT2D eigenvalue weighted by atomic mass is 10.2. The third-order valence-electron chi connectivity index (χ3n) is 5.10. The summed E-state index contributed by atoms with van der Waals surface area (Å²) >= 11 is 0. The molecule has 0 aliphatic rings. The molecule has 5 rings (SSSR count). The quantitative estimate of drug-likeness (QED) is 0.423. The minimum atomic E-state index is -4.43. The number of hydrogen-bond donors (Lipinski definition) is 0. The van der Waals surface area contributed by atoms with E-state index in [1.165, 1.54) is 42.6 Å². The average Bonchev–Trinajstić information content (AvgIpc) is 3.10. The van der Waals surface area contributed by atoms with Crippen LogP contribution in [0.2, 0.25) is 0 Å². The number of aromatic nitrogens is 3. The molecule has 0 amide bonds. The van der Waals surface area contributed by atoms with Gasteiger partial charge in [0.25, 0.3) is 15.9 Å². The second kappa shape index (κ2) is 7.24. The zero-order valence-corrected chi connectivity index (χ0v) is 17.2.